The number of methoxy groups -OCH3 is 1. The van der Waals surface area contributed by atoms with Crippen LogP contribution < -0.4 is 5.73 Å². The van der Waals surface area contributed by atoms with Crippen LogP contribution in [0.3, 0.4) is 0 Å². The fraction of sp³-hybridized carbons (Fsp3) is 1.00. The van der Waals surface area contributed by atoms with Crippen LogP contribution >= 0.6 is 0 Å². The molecule has 0 aliphatic heterocycles. The Balaban J connectivity index is 2.65. The summed E-state index contributed by atoms with van der Waals surface area (Å²) in [6.45, 7) is 6.78. The van der Waals surface area contributed by atoms with E-state index in [9.17, 15) is 0 Å². The third-order valence-corrected chi connectivity index (χ3v) is 3.80. The molecule has 0 aromatic rings. The number of hydrogen-bond donors (Lipinski definition) is 1. The van der Waals surface area contributed by atoms with Crippen molar-refractivity contribution in [1.82, 2.24) is 0 Å². The van der Waals surface area contributed by atoms with Crippen molar-refractivity contribution in [1.29, 1.82) is 0 Å². The summed E-state index contributed by atoms with van der Waals surface area (Å²) >= 11 is 0. The summed E-state index contributed by atoms with van der Waals surface area (Å²) in [6.07, 6.45) is 5.94. The lowest BCUT2D eigenvalue weighted by molar-refractivity contribution is -0.0743. The predicted molar refractivity (Wildman–Crippen MR) is 64.8 cm³/mol. The molecule has 1 aliphatic rings. The Morgan fingerprint density at radius 3 is 2.60 bits per heavy atom. The first-order valence-corrected chi connectivity index (χ1v) is 6.31. The molecular weight excluding hydrogens is 186 g/mol. The van der Waals surface area contributed by atoms with E-state index in [1.807, 2.05) is 7.11 Å². The predicted octanol–water partition coefficient (Wildman–Crippen LogP) is 2.96. The maximum absolute atomic E-state index is 6.33. The molecule has 3 atom stereocenters. The van der Waals surface area contributed by atoms with Gasteiger partial charge < -0.3 is 10.5 Å². The minimum absolute atomic E-state index is 0.0397. The molecule has 0 spiro atoms. The molecule has 1 fully saturated rings. The number of rotatable bonds is 4. The van der Waals surface area contributed by atoms with Gasteiger partial charge in [0.15, 0.2) is 0 Å². The molecule has 0 aromatic carbocycles. The SMILES string of the molecule is COC1(C(N)CC(C)C)CCCC(C)C1. The minimum Gasteiger partial charge on any atom is -0.377 e. The number of ether oxygens (including phenoxy) is 1. The van der Waals surface area contributed by atoms with Crippen molar-refractivity contribution >= 4 is 0 Å². The van der Waals surface area contributed by atoms with Crippen molar-refractivity contribution in [2.24, 2.45) is 17.6 Å². The fourth-order valence-corrected chi connectivity index (χ4v) is 2.94. The zero-order valence-corrected chi connectivity index (χ0v) is 10.8. The number of nitrogens with two attached hydrogens (primary N) is 1. The maximum atomic E-state index is 6.33. The van der Waals surface area contributed by atoms with Gasteiger partial charge in [-0.25, -0.2) is 0 Å². The second-order valence-electron chi connectivity index (χ2n) is 5.71. The summed E-state index contributed by atoms with van der Waals surface area (Å²) in [6, 6.07) is 0.199. The smallest absolute Gasteiger partial charge is 0.0831 e. The van der Waals surface area contributed by atoms with Crippen molar-refractivity contribution in [2.75, 3.05) is 7.11 Å². The van der Waals surface area contributed by atoms with Gasteiger partial charge in [-0.15, -0.1) is 0 Å². The van der Waals surface area contributed by atoms with Crippen LogP contribution in [0.2, 0.25) is 0 Å². The number of hydrogen-bond acceptors (Lipinski definition) is 2. The molecule has 90 valence electrons. The molecule has 2 nitrogen and oxygen atoms in total. The average molecular weight is 213 g/mol. The summed E-state index contributed by atoms with van der Waals surface area (Å²) in [5, 5.41) is 0. The topological polar surface area (TPSA) is 35.2 Å². The zero-order chi connectivity index (χ0) is 11.5. The molecule has 0 radical (unpaired) electrons. The van der Waals surface area contributed by atoms with Crippen molar-refractivity contribution in [3.05, 3.63) is 0 Å². The van der Waals surface area contributed by atoms with Gasteiger partial charge in [-0.2, -0.15) is 0 Å². The molecule has 0 bridgehead atoms. The van der Waals surface area contributed by atoms with Crippen molar-refractivity contribution in [2.45, 2.75) is 64.5 Å². The van der Waals surface area contributed by atoms with Crippen LogP contribution in [0.1, 0.15) is 52.9 Å². The Morgan fingerprint density at radius 1 is 1.47 bits per heavy atom. The standard InChI is InChI=1S/C13H27NO/c1-10(2)8-12(14)13(15-4)7-5-6-11(3)9-13/h10-12H,5-9,14H2,1-4H3. The van der Waals surface area contributed by atoms with Crippen LogP contribution in [0.25, 0.3) is 0 Å². The normalized spacial score (nSPS) is 34.4. The van der Waals surface area contributed by atoms with Crippen molar-refractivity contribution in [3.63, 3.8) is 0 Å². The van der Waals surface area contributed by atoms with Gasteiger partial charge in [-0.05, 0) is 31.1 Å². The van der Waals surface area contributed by atoms with Crippen LogP contribution in [-0.4, -0.2) is 18.8 Å². The van der Waals surface area contributed by atoms with Crippen molar-refractivity contribution < 1.29 is 4.74 Å². The first kappa shape index (κ1) is 13.0. The molecule has 0 saturated heterocycles. The molecule has 15 heavy (non-hydrogen) atoms. The lowest BCUT2D eigenvalue weighted by Gasteiger charge is -2.43. The first-order chi connectivity index (χ1) is 7.00. The fourth-order valence-electron chi connectivity index (χ4n) is 2.94. The van der Waals surface area contributed by atoms with E-state index in [0.29, 0.717) is 5.92 Å². The lowest BCUT2D eigenvalue weighted by atomic mass is 9.73. The highest BCUT2D eigenvalue weighted by molar-refractivity contribution is 4.95. The van der Waals surface area contributed by atoms with Crippen LogP contribution in [0.15, 0.2) is 0 Å². The molecule has 0 aromatic heterocycles. The van der Waals surface area contributed by atoms with Crippen LogP contribution in [-0.2, 0) is 4.74 Å². The lowest BCUT2D eigenvalue weighted by Crippen LogP contribution is -2.52. The Morgan fingerprint density at radius 2 is 2.13 bits per heavy atom. The molecule has 1 rings (SSSR count). The highest BCUT2D eigenvalue weighted by Gasteiger charge is 2.40. The molecule has 0 amide bonds. The second-order valence-corrected chi connectivity index (χ2v) is 5.71. The Hall–Kier alpha value is -0.0800. The van der Waals surface area contributed by atoms with E-state index < -0.39 is 0 Å². The van der Waals surface area contributed by atoms with E-state index >= 15 is 0 Å². The Kier molecular flexibility index (Phi) is 4.60. The second kappa shape index (κ2) is 5.31. The van der Waals surface area contributed by atoms with Crippen LogP contribution in [0.5, 0.6) is 0 Å². The molecule has 0 heterocycles. The summed E-state index contributed by atoms with van der Waals surface area (Å²) in [5.74, 6) is 1.42. The van der Waals surface area contributed by atoms with Gasteiger partial charge in [-0.3, -0.25) is 0 Å². The van der Waals surface area contributed by atoms with Gasteiger partial charge in [0, 0.05) is 13.2 Å². The molecule has 2 N–H and O–H groups in total. The summed E-state index contributed by atoms with van der Waals surface area (Å²) < 4.78 is 5.79. The third kappa shape index (κ3) is 3.18. The molecule has 1 aliphatic carbocycles. The molecule has 1 saturated carbocycles. The summed E-state index contributed by atoms with van der Waals surface area (Å²) in [4.78, 5) is 0. The molecule has 3 unspecified atom stereocenters. The van der Waals surface area contributed by atoms with Gasteiger partial charge in [-0.1, -0.05) is 33.6 Å². The Bertz CT molecular complexity index is 193. The van der Waals surface area contributed by atoms with Crippen molar-refractivity contribution in [3.8, 4) is 0 Å². The summed E-state index contributed by atoms with van der Waals surface area (Å²) in [5.41, 5.74) is 6.29. The van der Waals surface area contributed by atoms with E-state index in [-0.39, 0.29) is 11.6 Å². The van der Waals surface area contributed by atoms with E-state index in [1.165, 1.54) is 12.8 Å². The largest absolute Gasteiger partial charge is 0.377 e. The van der Waals surface area contributed by atoms with Gasteiger partial charge in [0.25, 0.3) is 0 Å². The zero-order valence-electron chi connectivity index (χ0n) is 10.8. The van der Waals surface area contributed by atoms with E-state index in [4.69, 9.17) is 10.5 Å². The van der Waals surface area contributed by atoms with Gasteiger partial charge >= 0.3 is 0 Å². The van der Waals surface area contributed by atoms with Gasteiger partial charge in [0.2, 0.25) is 0 Å². The first-order valence-electron chi connectivity index (χ1n) is 6.31. The van der Waals surface area contributed by atoms with E-state index in [0.717, 1.165) is 25.2 Å². The molecule has 2 heteroatoms. The Labute approximate surface area is 94.6 Å². The maximum Gasteiger partial charge on any atom is 0.0831 e. The molecular formula is C13H27NO. The van der Waals surface area contributed by atoms with Crippen LogP contribution in [0, 0.1) is 11.8 Å². The van der Waals surface area contributed by atoms with Gasteiger partial charge in [0.1, 0.15) is 0 Å². The van der Waals surface area contributed by atoms with E-state index in [2.05, 4.69) is 20.8 Å². The highest BCUT2D eigenvalue weighted by Crippen LogP contribution is 2.38. The monoisotopic (exact) mass is 213 g/mol. The average Bonchev–Trinajstić information content (AvgIpc) is 2.16. The summed E-state index contributed by atoms with van der Waals surface area (Å²) in [7, 11) is 1.83. The van der Waals surface area contributed by atoms with E-state index in [1.54, 1.807) is 0 Å². The minimum atomic E-state index is -0.0397. The quantitative estimate of drug-likeness (QED) is 0.779. The van der Waals surface area contributed by atoms with Crippen LogP contribution in [0.4, 0.5) is 0 Å². The highest BCUT2D eigenvalue weighted by atomic mass is 16.5. The third-order valence-electron chi connectivity index (χ3n) is 3.80. The van der Waals surface area contributed by atoms with Gasteiger partial charge in [0.05, 0.1) is 5.60 Å².